The summed E-state index contributed by atoms with van der Waals surface area (Å²) in [6, 6.07) is 4.81. The fraction of sp³-hybridized carbons (Fsp3) is 0.611. The Morgan fingerprint density at radius 3 is 2.60 bits per heavy atom. The standard InChI is InChI=1S/C18H29FN4O.HI/c1-13(2)12-23-8-6-15(7-9-23)22-18(20-3)21-11-14-4-5-17(24)16(19)10-14;/h4-5,10,13,15,24H,6-9,11-12H2,1-3H3,(H2,20,21,22);1H. The Morgan fingerprint density at radius 1 is 1.36 bits per heavy atom. The maximum atomic E-state index is 13.4. The first-order chi connectivity index (χ1) is 11.5. The average Bonchev–Trinajstić information content (AvgIpc) is 2.55. The van der Waals surface area contributed by atoms with Gasteiger partial charge >= 0.3 is 0 Å². The molecule has 2 rings (SSSR count). The molecule has 1 saturated heterocycles. The number of nitrogens with one attached hydrogen (secondary N) is 2. The van der Waals surface area contributed by atoms with E-state index in [4.69, 9.17) is 0 Å². The van der Waals surface area contributed by atoms with Gasteiger partial charge in [-0.1, -0.05) is 19.9 Å². The molecule has 0 amide bonds. The van der Waals surface area contributed by atoms with E-state index in [1.54, 1.807) is 13.1 Å². The van der Waals surface area contributed by atoms with E-state index >= 15 is 0 Å². The molecule has 5 nitrogen and oxygen atoms in total. The van der Waals surface area contributed by atoms with Gasteiger partial charge in [-0.3, -0.25) is 4.99 Å². The second kappa shape index (κ2) is 10.8. The molecule has 25 heavy (non-hydrogen) atoms. The number of halogens is 2. The fourth-order valence-electron chi connectivity index (χ4n) is 3.01. The summed E-state index contributed by atoms with van der Waals surface area (Å²) >= 11 is 0. The molecule has 142 valence electrons. The van der Waals surface area contributed by atoms with E-state index < -0.39 is 5.82 Å². The first-order valence-corrected chi connectivity index (χ1v) is 8.65. The van der Waals surface area contributed by atoms with Crippen molar-refractivity contribution >= 4 is 29.9 Å². The van der Waals surface area contributed by atoms with Crippen LogP contribution in [0, 0.1) is 11.7 Å². The maximum absolute atomic E-state index is 13.4. The summed E-state index contributed by atoms with van der Waals surface area (Å²) in [7, 11) is 1.74. The molecule has 0 saturated carbocycles. The Hall–Kier alpha value is -1.09. The highest BCUT2D eigenvalue weighted by Gasteiger charge is 2.20. The zero-order chi connectivity index (χ0) is 17.5. The lowest BCUT2D eigenvalue weighted by Crippen LogP contribution is -2.48. The van der Waals surface area contributed by atoms with Crippen molar-refractivity contribution in [3.05, 3.63) is 29.6 Å². The zero-order valence-corrected chi connectivity index (χ0v) is 17.6. The van der Waals surface area contributed by atoms with Crippen LogP contribution >= 0.6 is 24.0 Å². The van der Waals surface area contributed by atoms with E-state index in [1.807, 2.05) is 0 Å². The summed E-state index contributed by atoms with van der Waals surface area (Å²) in [5, 5.41) is 15.9. The Balaban J connectivity index is 0.00000312. The lowest BCUT2D eigenvalue weighted by molar-refractivity contribution is 0.187. The van der Waals surface area contributed by atoms with Gasteiger partial charge in [0.25, 0.3) is 0 Å². The smallest absolute Gasteiger partial charge is 0.191 e. The topological polar surface area (TPSA) is 59.9 Å². The van der Waals surface area contributed by atoms with E-state index in [-0.39, 0.29) is 29.7 Å². The molecule has 1 fully saturated rings. The minimum atomic E-state index is -0.602. The van der Waals surface area contributed by atoms with Crippen LogP contribution in [0.2, 0.25) is 0 Å². The molecular weight excluding hydrogens is 434 g/mol. The Morgan fingerprint density at radius 2 is 2.04 bits per heavy atom. The number of nitrogens with zero attached hydrogens (tertiary/aromatic N) is 2. The second-order valence-corrected chi connectivity index (χ2v) is 6.82. The SMILES string of the molecule is CN=C(NCc1ccc(O)c(F)c1)NC1CCN(CC(C)C)CC1.I. The first-order valence-electron chi connectivity index (χ1n) is 8.65. The molecule has 0 aliphatic carbocycles. The van der Waals surface area contributed by atoms with Gasteiger partial charge in [-0.15, -0.1) is 24.0 Å². The third-order valence-corrected chi connectivity index (χ3v) is 4.25. The van der Waals surface area contributed by atoms with Crippen molar-refractivity contribution in [1.29, 1.82) is 0 Å². The highest BCUT2D eigenvalue weighted by Crippen LogP contribution is 2.16. The van der Waals surface area contributed by atoms with E-state index in [2.05, 4.69) is 34.4 Å². The Labute approximate surface area is 167 Å². The number of hydrogen-bond donors (Lipinski definition) is 3. The van der Waals surface area contributed by atoms with Crippen LogP contribution in [0.25, 0.3) is 0 Å². The summed E-state index contributed by atoms with van der Waals surface area (Å²) < 4.78 is 13.4. The van der Waals surface area contributed by atoms with Crippen molar-refractivity contribution in [3.8, 4) is 5.75 Å². The summed E-state index contributed by atoms with van der Waals surface area (Å²) in [6.45, 7) is 8.34. The summed E-state index contributed by atoms with van der Waals surface area (Å²) in [4.78, 5) is 6.75. The molecule has 0 spiro atoms. The molecule has 0 aromatic heterocycles. The Bertz CT molecular complexity index is 560. The number of aliphatic imine (C=N–C) groups is 1. The number of piperidine rings is 1. The van der Waals surface area contributed by atoms with Crippen molar-refractivity contribution in [2.75, 3.05) is 26.7 Å². The van der Waals surface area contributed by atoms with Gasteiger partial charge in [-0.05, 0) is 36.5 Å². The van der Waals surface area contributed by atoms with Gasteiger partial charge in [0.05, 0.1) is 0 Å². The minimum Gasteiger partial charge on any atom is -0.505 e. The summed E-state index contributed by atoms with van der Waals surface area (Å²) in [6.07, 6.45) is 2.20. The number of rotatable bonds is 5. The third-order valence-electron chi connectivity index (χ3n) is 4.25. The molecule has 1 aliphatic heterocycles. The lowest BCUT2D eigenvalue weighted by Gasteiger charge is -2.34. The van der Waals surface area contributed by atoms with Crippen molar-refractivity contribution < 1.29 is 9.50 Å². The summed E-state index contributed by atoms with van der Waals surface area (Å²) in [5.74, 6) is 0.504. The van der Waals surface area contributed by atoms with E-state index in [1.165, 1.54) is 12.1 Å². The molecule has 0 bridgehead atoms. The highest BCUT2D eigenvalue weighted by molar-refractivity contribution is 14.0. The van der Waals surface area contributed by atoms with Gasteiger partial charge in [0.2, 0.25) is 0 Å². The highest BCUT2D eigenvalue weighted by atomic mass is 127. The monoisotopic (exact) mass is 464 g/mol. The normalized spacial score (nSPS) is 16.6. The lowest BCUT2D eigenvalue weighted by atomic mass is 10.0. The first kappa shape index (κ1) is 22.0. The zero-order valence-electron chi connectivity index (χ0n) is 15.3. The van der Waals surface area contributed by atoms with Crippen LogP contribution in [0.3, 0.4) is 0 Å². The van der Waals surface area contributed by atoms with Crippen molar-refractivity contribution in [2.24, 2.45) is 10.9 Å². The maximum Gasteiger partial charge on any atom is 0.191 e. The molecule has 7 heteroatoms. The number of phenols is 1. The number of guanidine groups is 1. The predicted molar refractivity (Wildman–Crippen MR) is 111 cm³/mol. The largest absolute Gasteiger partial charge is 0.505 e. The third kappa shape index (κ3) is 7.35. The van der Waals surface area contributed by atoms with Crippen LogP contribution in [0.1, 0.15) is 32.3 Å². The van der Waals surface area contributed by atoms with Gasteiger partial charge in [-0.25, -0.2) is 4.39 Å². The molecule has 0 unspecified atom stereocenters. The van der Waals surface area contributed by atoms with Gasteiger partial charge < -0.3 is 20.6 Å². The number of hydrogen-bond acceptors (Lipinski definition) is 3. The van der Waals surface area contributed by atoms with E-state index in [9.17, 15) is 9.50 Å². The second-order valence-electron chi connectivity index (χ2n) is 6.82. The van der Waals surface area contributed by atoms with Gasteiger partial charge in [0.15, 0.2) is 17.5 Å². The number of benzene rings is 1. The van der Waals surface area contributed by atoms with Gasteiger partial charge in [0, 0.05) is 39.3 Å². The van der Waals surface area contributed by atoms with Crippen molar-refractivity contribution in [3.63, 3.8) is 0 Å². The molecule has 1 heterocycles. The molecule has 3 N–H and O–H groups in total. The van der Waals surface area contributed by atoms with Crippen LogP contribution in [0.15, 0.2) is 23.2 Å². The van der Waals surface area contributed by atoms with Crippen LogP contribution in [0.5, 0.6) is 5.75 Å². The molecular formula is C18H30FIN4O. The quantitative estimate of drug-likeness (QED) is 0.357. The number of phenolic OH excluding ortho intramolecular Hbond substituents is 1. The van der Waals surface area contributed by atoms with Gasteiger partial charge in [0.1, 0.15) is 0 Å². The molecule has 0 radical (unpaired) electrons. The van der Waals surface area contributed by atoms with E-state index in [0.29, 0.717) is 18.5 Å². The van der Waals surface area contributed by atoms with Crippen LogP contribution < -0.4 is 10.6 Å². The van der Waals surface area contributed by atoms with Crippen LogP contribution in [0.4, 0.5) is 4.39 Å². The van der Waals surface area contributed by atoms with Crippen molar-refractivity contribution in [2.45, 2.75) is 39.3 Å². The number of likely N-dealkylation sites (tertiary alicyclic amines) is 1. The van der Waals surface area contributed by atoms with Gasteiger partial charge in [-0.2, -0.15) is 0 Å². The van der Waals surface area contributed by atoms with Crippen LogP contribution in [-0.2, 0) is 6.54 Å². The molecule has 1 aromatic carbocycles. The number of aromatic hydroxyl groups is 1. The fourth-order valence-corrected chi connectivity index (χ4v) is 3.01. The van der Waals surface area contributed by atoms with Crippen molar-refractivity contribution in [1.82, 2.24) is 15.5 Å². The van der Waals surface area contributed by atoms with E-state index in [0.717, 1.165) is 44.0 Å². The average molecular weight is 464 g/mol. The molecule has 1 aliphatic rings. The predicted octanol–water partition coefficient (Wildman–Crippen LogP) is 2.93. The summed E-state index contributed by atoms with van der Waals surface area (Å²) in [5.41, 5.74) is 0.764. The molecule has 1 aromatic rings. The molecule has 0 atom stereocenters. The minimum absolute atomic E-state index is 0. The van der Waals surface area contributed by atoms with Crippen LogP contribution in [-0.4, -0.2) is 48.7 Å². The Kier molecular flexibility index (Phi) is 9.48.